The largest absolute Gasteiger partial charge is 0.453 e. The highest BCUT2D eigenvalue weighted by molar-refractivity contribution is 5.69. The van der Waals surface area contributed by atoms with Crippen LogP contribution in [0.1, 0.15) is 36.9 Å². The molecule has 0 aliphatic carbocycles. The Bertz CT molecular complexity index is 531. The third-order valence-corrected chi connectivity index (χ3v) is 3.60. The maximum absolute atomic E-state index is 12.8. The first kappa shape index (κ1) is 15.5. The Labute approximate surface area is 120 Å². The van der Waals surface area contributed by atoms with Gasteiger partial charge in [0.1, 0.15) is 0 Å². The molecule has 1 aromatic carbocycles. The molecule has 1 aliphatic heterocycles. The van der Waals surface area contributed by atoms with Crippen molar-refractivity contribution in [1.82, 2.24) is 5.32 Å². The number of benzene rings is 1. The van der Waals surface area contributed by atoms with Gasteiger partial charge >= 0.3 is 12.3 Å². The summed E-state index contributed by atoms with van der Waals surface area (Å²) < 4.78 is 43.0. The molecule has 0 saturated carbocycles. The fraction of sp³-hybridized carbons (Fsp3) is 0.500. The molecule has 2 N–H and O–H groups in total. The van der Waals surface area contributed by atoms with Crippen molar-refractivity contribution >= 4 is 11.8 Å². The molecule has 7 heteroatoms. The molecule has 2 rings (SSSR count). The number of hydrogen-bond donors (Lipinski definition) is 2. The van der Waals surface area contributed by atoms with Crippen LogP contribution in [0.25, 0.3) is 0 Å². The first-order chi connectivity index (χ1) is 9.85. The second kappa shape index (κ2) is 5.83. The number of rotatable bonds is 2. The van der Waals surface area contributed by atoms with Crippen molar-refractivity contribution in [2.24, 2.45) is 0 Å². The quantitative estimate of drug-likeness (QED) is 0.876. The van der Waals surface area contributed by atoms with Gasteiger partial charge < -0.3 is 15.4 Å². The number of alkyl carbamates (subject to hydrolysis) is 1. The molecule has 0 fully saturated rings. The van der Waals surface area contributed by atoms with E-state index in [1.165, 1.54) is 13.2 Å². The number of anilines is 1. The Hall–Kier alpha value is -1.92. The Morgan fingerprint density at radius 3 is 2.76 bits per heavy atom. The molecule has 116 valence electrons. The summed E-state index contributed by atoms with van der Waals surface area (Å²) in [5.74, 6) is 0. The van der Waals surface area contributed by atoms with Gasteiger partial charge in [-0.25, -0.2) is 4.79 Å². The number of hydrogen-bond acceptors (Lipinski definition) is 3. The van der Waals surface area contributed by atoms with Crippen molar-refractivity contribution in [3.63, 3.8) is 0 Å². The zero-order valence-electron chi connectivity index (χ0n) is 11.8. The molecule has 1 aromatic rings. The molecule has 2 atom stereocenters. The maximum atomic E-state index is 12.8. The van der Waals surface area contributed by atoms with Crippen molar-refractivity contribution < 1.29 is 22.7 Å². The van der Waals surface area contributed by atoms with Crippen LogP contribution in [0.15, 0.2) is 18.2 Å². The minimum absolute atomic E-state index is 0.0939. The SMILES string of the molecule is CC[C@@H]1C[C@H](NC(=O)OC)c2cc(C(F)(F)F)ccc2N1. The minimum Gasteiger partial charge on any atom is -0.453 e. The van der Waals surface area contributed by atoms with E-state index in [4.69, 9.17) is 0 Å². The molecule has 0 bridgehead atoms. The van der Waals surface area contributed by atoms with Crippen LogP contribution < -0.4 is 10.6 Å². The fourth-order valence-electron chi connectivity index (χ4n) is 2.46. The molecule has 21 heavy (non-hydrogen) atoms. The lowest BCUT2D eigenvalue weighted by Gasteiger charge is -2.33. The van der Waals surface area contributed by atoms with Gasteiger partial charge in [-0.15, -0.1) is 0 Å². The van der Waals surface area contributed by atoms with Gasteiger partial charge in [-0.1, -0.05) is 6.92 Å². The third kappa shape index (κ3) is 3.40. The second-order valence-corrected chi connectivity index (χ2v) is 4.97. The van der Waals surface area contributed by atoms with E-state index < -0.39 is 23.9 Å². The van der Waals surface area contributed by atoms with Crippen LogP contribution in [0.3, 0.4) is 0 Å². The van der Waals surface area contributed by atoms with Gasteiger partial charge in [0.05, 0.1) is 18.7 Å². The molecular formula is C14H17F3N2O2. The van der Waals surface area contributed by atoms with Gasteiger partial charge in [-0.3, -0.25) is 0 Å². The van der Waals surface area contributed by atoms with Gasteiger partial charge in [0, 0.05) is 11.7 Å². The molecular weight excluding hydrogens is 285 g/mol. The molecule has 0 saturated heterocycles. The van der Waals surface area contributed by atoms with E-state index in [-0.39, 0.29) is 6.04 Å². The third-order valence-electron chi connectivity index (χ3n) is 3.60. The Kier molecular flexibility index (Phi) is 4.29. The summed E-state index contributed by atoms with van der Waals surface area (Å²) in [4.78, 5) is 11.4. The van der Waals surface area contributed by atoms with Crippen LogP contribution in [0.5, 0.6) is 0 Å². The normalized spacial score (nSPS) is 21.2. The summed E-state index contributed by atoms with van der Waals surface area (Å²) in [6.07, 6.45) is -3.74. The summed E-state index contributed by atoms with van der Waals surface area (Å²) in [5, 5.41) is 5.79. The van der Waals surface area contributed by atoms with Crippen LogP contribution in [-0.2, 0) is 10.9 Å². The van der Waals surface area contributed by atoms with Crippen LogP contribution in [0.2, 0.25) is 0 Å². The fourth-order valence-corrected chi connectivity index (χ4v) is 2.46. The monoisotopic (exact) mass is 302 g/mol. The average molecular weight is 302 g/mol. The molecule has 1 amide bonds. The van der Waals surface area contributed by atoms with Gasteiger partial charge in [0.15, 0.2) is 0 Å². The van der Waals surface area contributed by atoms with E-state index in [1.807, 2.05) is 6.92 Å². The lowest BCUT2D eigenvalue weighted by Crippen LogP contribution is -2.37. The summed E-state index contributed by atoms with van der Waals surface area (Å²) in [5.41, 5.74) is 0.317. The minimum atomic E-state index is -4.41. The van der Waals surface area contributed by atoms with E-state index in [9.17, 15) is 18.0 Å². The second-order valence-electron chi connectivity index (χ2n) is 4.97. The molecule has 0 spiro atoms. The number of carbonyl (C=O) groups is 1. The first-order valence-electron chi connectivity index (χ1n) is 6.67. The van der Waals surface area contributed by atoms with E-state index >= 15 is 0 Å². The number of fused-ring (bicyclic) bond motifs is 1. The van der Waals surface area contributed by atoms with Gasteiger partial charge in [-0.05, 0) is 36.6 Å². The van der Waals surface area contributed by atoms with E-state index in [0.717, 1.165) is 18.6 Å². The summed E-state index contributed by atoms with van der Waals surface area (Å²) in [7, 11) is 1.22. The molecule has 0 unspecified atom stereocenters. The summed E-state index contributed by atoms with van der Waals surface area (Å²) in [6, 6.07) is 3.12. The van der Waals surface area contributed by atoms with Gasteiger partial charge in [0.2, 0.25) is 0 Å². The van der Waals surface area contributed by atoms with E-state index in [0.29, 0.717) is 17.7 Å². The molecule has 4 nitrogen and oxygen atoms in total. The number of nitrogens with one attached hydrogen (secondary N) is 2. The van der Waals surface area contributed by atoms with Gasteiger partial charge in [-0.2, -0.15) is 13.2 Å². The van der Waals surface area contributed by atoms with E-state index in [1.54, 1.807) is 0 Å². The highest BCUT2D eigenvalue weighted by atomic mass is 19.4. The zero-order chi connectivity index (χ0) is 15.6. The number of carbonyl (C=O) groups excluding carboxylic acids is 1. The molecule has 0 aromatic heterocycles. The number of amides is 1. The standard InChI is InChI=1S/C14H17F3N2O2/c1-3-9-7-12(19-13(20)21-2)10-6-8(14(15,16)17)4-5-11(10)18-9/h4-6,9,12,18H,3,7H2,1-2H3,(H,19,20)/t9-,12+/m1/s1. The topological polar surface area (TPSA) is 50.4 Å². The van der Waals surface area contributed by atoms with Crippen molar-refractivity contribution in [3.8, 4) is 0 Å². The molecule has 1 heterocycles. The maximum Gasteiger partial charge on any atom is 0.416 e. The molecule has 1 aliphatic rings. The lowest BCUT2D eigenvalue weighted by molar-refractivity contribution is -0.137. The van der Waals surface area contributed by atoms with Crippen molar-refractivity contribution in [2.45, 2.75) is 38.0 Å². The van der Waals surface area contributed by atoms with E-state index in [2.05, 4.69) is 15.4 Å². The summed E-state index contributed by atoms with van der Waals surface area (Å²) in [6.45, 7) is 1.97. The van der Waals surface area contributed by atoms with Crippen molar-refractivity contribution in [1.29, 1.82) is 0 Å². The first-order valence-corrected chi connectivity index (χ1v) is 6.67. The molecule has 0 radical (unpaired) electrons. The Morgan fingerprint density at radius 2 is 2.19 bits per heavy atom. The van der Waals surface area contributed by atoms with Crippen LogP contribution in [0, 0.1) is 0 Å². The van der Waals surface area contributed by atoms with Crippen molar-refractivity contribution in [2.75, 3.05) is 12.4 Å². The van der Waals surface area contributed by atoms with Crippen LogP contribution in [0.4, 0.5) is 23.7 Å². The number of methoxy groups -OCH3 is 1. The summed E-state index contributed by atoms with van der Waals surface area (Å²) >= 11 is 0. The highest BCUT2D eigenvalue weighted by Gasteiger charge is 2.34. The predicted molar refractivity (Wildman–Crippen MR) is 72.0 cm³/mol. The number of ether oxygens (including phenoxy) is 1. The predicted octanol–water partition coefficient (Wildman–Crippen LogP) is 3.70. The van der Waals surface area contributed by atoms with Crippen LogP contribution >= 0.6 is 0 Å². The number of alkyl halides is 3. The Morgan fingerprint density at radius 1 is 1.48 bits per heavy atom. The Balaban J connectivity index is 2.37. The van der Waals surface area contributed by atoms with Gasteiger partial charge in [0.25, 0.3) is 0 Å². The van der Waals surface area contributed by atoms with Crippen molar-refractivity contribution in [3.05, 3.63) is 29.3 Å². The number of halogens is 3. The smallest absolute Gasteiger partial charge is 0.416 e. The highest BCUT2D eigenvalue weighted by Crippen LogP contribution is 2.38. The average Bonchev–Trinajstić information content (AvgIpc) is 2.45. The lowest BCUT2D eigenvalue weighted by atomic mass is 9.90. The zero-order valence-corrected chi connectivity index (χ0v) is 11.8. The van der Waals surface area contributed by atoms with Crippen LogP contribution in [-0.4, -0.2) is 19.2 Å².